The van der Waals surface area contributed by atoms with Gasteiger partial charge in [-0.05, 0) is 55.8 Å². The lowest BCUT2D eigenvalue weighted by Crippen LogP contribution is -2.18. The van der Waals surface area contributed by atoms with Crippen molar-refractivity contribution in [3.8, 4) is 11.8 Å². The van der Waals surface area contributed by atoms with Crippen LogP contribution in [-0.4, -0.2) is 31.0 Å². The molecule has 0 atom stereocenters. The Labute approximate surface area is 187 Å². The molecule has 0 saturated carbocycles. The number of rotatable bonds is 7. The topological polar surface area (TPSA) is 102 Å². The Morgan fingerprint density at radius 1 is 1.28 bits per heavy atom. The van der Waals surface area contributed by atoms with E-state index in [2.05, 4.69) is 21.6 Å². The van der Waals surface area contributed by atoms with Crippen molar-refractivity contribution in [1.82, 2.24) is 19.3 Å². The summed E-state index contributed by atoms with van der Waals surface area (Å²) in [5.74, 6) is 0.500. The van der Waals surface area contributed by atoms with Crippen LogP contribution in [0.1, 0.15) is 22.6 Å². The van der Waals surface area contributed by atoms with Crippen LogP contribution in [0, 0.1) is 31.0 Å². The molecule has 10 heteroatoms. The zero-order chi connectivity index (χ0) is 22.7. The van der Waals surface area contributed by atoms with Gasteiger partial charge in [0, 0.05) is 11.4 Å². The summed E-state index contributed by atoms with van der Waals surface area (Å²) in [6, 6.07) is 11.7. The molecule has 1 N–H and O–H groups in total. The normalized spacial score (nSPS) is 10.8. The maximum Gasteiger partial charge on any atom is 0.236 e. The molecule has 0 spiro atoms. The minimum absolute atomic E-state index is 0.0639. The zero-order valence-electron chi connectivity index (χ0n) is 17.4. The number of nitriles is 1. The second-order valence-electron chi connectivity index (χ2n) is 7.02. The van der Waals surface area contributed by atoms with Gasteiger partial charge in [0.05, 0.1) is 24.1 Å². The molecule has 0 aliphatic carbocycles. The fourth-order valence-corrected chi connectivity index (χ4v) is 4.02. The summed E-state index contributed by atoms with van der Waals surface area (Å²) in [5.41, 5.74) is 2.55. The highest BCUT2D eigenvalue weighted by Crippen LogP contribution is 2.30. The second kappa shape index (κ2) is 9.11. The third-order valence-corrected chi connectivity index (χ3v) is 5.97. The predicted molar refractivity (Wildman–Crippen MR) is 117 cm³/mol. The van der Waals surface area contributed by atoms with Gasteiger partial charge in [0.2, 0.25) is 5.91 Å². The first-order valence-electron chi connectivity index (χ1n) is 9.68. The van der Waals surface area contributed by atoms with Gasteiger partial charge in [-0.3, -0.25) is 9.36 Å². The van der Waals surface area contributed by atoms with E-state index in [1.807, 2.05) is 19.9 Å². The van der Waals surface area contributed by atoms with Crippen molar-refractivity contribution in [2.75, 3.05) is 11.1 Å². The number of aromatic nitrogens is 4. The second-order valence-corrected chi connectivity index (χ2v) is 7.96. The van der Waals surface area contributed by atoms with Crippen LogP contribution in [0.5, 0.6) is 0 Å². The van der Waals surface area contributed by atoms with Gasteiger partial charge in [0.25, 0.3) is 0 Å². The molecule has 0 aliphatic rings. The summed E-state index contributed by atoms with van der Waals surface area (Å²) in [5, 5.41) is 21.1. The molecule has 0 aliphatic heterocycles. The Balaban J connectivity index is 1.53. The molecule has 162 valence electrons. The van der Waals surface area contributed by atoms with E-state index >= 15 is 0 Å². The van der Waals surface area contributed by atoms with Crippen LogP contribution in [0.4, 0.5) is 10.2 Å². The number of halogens is 1. The molecule has 0 unspecified atom stereocenters. The summed E-state index contributed by atoms with van der Waals surface area (Å²) < 4.78 is 22.3. The predicted octanol–water partition coefficient (Wildman–Crippen LogP) is 4.07. The van der Waals surface area contributed by atoms with Gasteiger partial charge in [0.1, 0.15) is 29.8 Å². The van der Waals surface area contributed by atoms with Crippen LogP contribution in [0.3, 0.4) is 0 Å². The quantitative estimate of drug-likeness (QED) is 0.426. The lowest BCUT2D eigenvalue weighted by atomic mass is 10.2. The van der Waals surface area contributed by atoms with E-state index in [0.717, 1.165) is 17.0 Å². The van der Waals surface area contributed by atoms with Crippen LogP contribution < -0.4 is 5.32 Å². The molecule has 4 rings (SSSR count). The van der Waals surface area contributed by atoms with E-state index in [-0.39, 0.29) is 17.5 Å². The number of hydrogen-bond donors (Lipinski definition) is 1. The Morgan fingerprint density at radius 3 is 2.75 bits per heavy atom. The first-order chi connectivity index (χ1) is 15.5. The van der Waals surface area contributed by atoms with E-state index in [0.29, 0.717) is 28.8 Å². The van der Waals surface area contributed by atoms with Gasteiger partial charge in [0.15, 0.2) is 5.16 Å². The molecule has 0 saturated heterocycles. The number of benzene rings is 1. The van der Waals surface area contributed by atoms with Crippen LogP contribution in [-0.2, 0) is 11.3 Å². The standard InChI is InChI=1S/C22H19FN6O2S/c1-14-15(2)29(17-7-5-16(23)6-8-17)21(19(14)10-24)26-20(30)12-32-22-27-25-13-28(22)11-18-4-3-9-31-18/h3-9,13H,11-12H2,1-2H3,(H,26,30). The number of anilines is 1. The number of furan rings is 1. The van der Waals surface area contributed by atoms with Gasteiger partial charge >= 0.3 is 0 Å². The molecular formula is C22H19FN6O2S. The molecule has 1 amide bonds. The molecule has 0 bridgehead atoms. The Kier molecular flexibility index (Phi) is 6.09. The molecule has 0 radical (unpaired) electrons. The average molecular weight is 450 g/mol. The lowest BCUT2D eigenvalue weighted by Gasteiger charge is -2.13. The molecule has 4 aromatic rings. The minimum atomic E-state index is -0.364. The minimum Gasteiger partial charge on any atom is -0.467 e. The maximum atomic E-state index is 13.4. The molecule has 3 aromatic heterocycles. The van der Waals surface area contributed by atoms with Crippen molar-refractivity contribution >= 4 is 23.5 Å². The number of hydrogen-bond acceptors (Lipinski definition) is 6. The number of amides is 1. The summed E-state index contributed by atoms with van der Waals surface area (Å²) in [6.45, 7) is 4.12. The Bertz CT molecular complexity index is 1290. The third kappa shape index (κ3) is 4.29. The largest absolute Gasteiger partial charge is 0.467 e. The molecule has 8 nitrogen and oxygen atoms in total. The molecule has 1 aromatic carbocycles. The highest BCUT2D eigenvalue weighted by Gasteiger charge is 2.21. The number of nitrogens with zero attached hydrogens (tertiary/aromatic N) is 5. The third-order valence-electron chi connectivity index (χ3n) is 4.99. The van der Waals surface area contributed by atoms with Crippen LogP contribution >= 0.6 is 11.8 Å². The Morgan fingerprint density at radius 2 is 2.06 bits per heavy atom. The number of carbonyl (C=O) groups is 1. The first-order valence-corrected chi connectivity index (χ1v) is 10.7. The fraction of sp³-hybridized carbons (Fsp3) is 0.182. The number of nitrogens with one attached hydrogen (secondary N) is 1. The van der Waals surface area contributed by atoms with E-state index in [9.17, 15) is 14.4 Å². The summed E-state index contributed by atoms with van der Waals surface area (Å²) >= 11 is 1.22. The summed E-state index contributed by atoms with van der Waals surface area (Å²) in [7, 11) is 0. The van der Waals surface area contributed by atoms with Crippen molar-refractivity contribution in [3.05, 3.63) is 77.4 Å². The maximum absolute atomic E-state index is 13.4. The summed E-state index contributed by atoms with van der Waals surface area (Å²) in [4.78, 5) is 12.8. The lowest BCUT2D eigenvalue weighted by molar-refractivity contribution is -0.113. The molecule has 3 heterocycles. The monoisotopic (exact) mass is 450 g/mol. The van der Waals surface area contributed by atoms with Gasteiger partial charge in [-0.2, -0.15) is 5.26 Å². The fourth-order valence-electron chi connectivity index (χ4n) is 3.31. The van der Waals surface area contributed by atoms with Crippen molar-refractivity contribution in [1.29, 1.82) is 5.26 Å². The van der Waals surface area contributed by atoms with Gasteiger partial charge in [-0.15, -0.1) is 10.2 Å². The van der Waals surface area contributed by atoms with Crippen LogP contribution in [0.2, 0.25) is 0 Å². The molecule has 0 fully saturated rings. The smallest absolute Gasteiger partial charge is 0.236 e. The van der Waals surface area contributed by atoms with E-state index < -0.39 is 0 Å². The number of carbonyl (C=O) groups excluding carboxylic acids is 1. The molecular weight excluding hydrogens is 431 g/mol. The molecule has 32 heavy (non-hydrogen) atoms. The summed E-state index contributed by atoms with van der Waals surface area (Å²) in [6.07, 6.45) is 3.16. The van der Waals surface area contributed by atoms with Crippen molar-refractivity contribution < 1.29 is 13.6 Å². The van der Waals surface area contributed by atoms with Gasteiger partial charge < -0.3 is 14.3 Å². The van der Waals surface area contributed by atoms with E-state index in [1.165, 1.54) is 23.9 Å². The Hall–Kier alpha value is -3.84. The van der Waals surface area contributed by atoms with Crippen molar-refractivity contribution in [2.24, 2.45) is 0 Å². The average Bonchev–Trinajstić information content (AvgIpc) is 3.50. The van der Waals surface area contributed by atoms with E-state index in [1.54, 1.807) is 39.9 Å². The number of thioether (sulfide) groups is 1. The SMILES string of the molecule is Cc1c(C#N)c(NC(=O)CSc2nncn2Cc2ccco2)n(-c2ccc(F)cc2)c1C. The zero-order valence-corrected chi connectivity index (χ0v) is 18.2. The highest BCUT2D eigenvalue weighted by molar-refractivity contribution is 7.99. The van der Waals surface area contributed by atoms with Gasteiger partial charge in [-0.25, -0.2) is 4.39 Å². The first kappa shape index (κ1) is 21.4. The van der Waals surface area contributed by atoms with Crippen LogP contribution in [0.15, 0.2) is 58.6 Å². The highest BCUT2D eigenvalue weighted by atomic mass is 32.2. The van der Waals surface area contributed by atoms with Crippen molar-refractivity contribution in [2.45, 2.75) is 25.5 Å². The van der Waals surface area contributed by atoms with E-state index in [4.69, 9.17) is 4.42 Å². The van der Waals surface area contributed by atoms with Crippen LogP contribution in [0.25, 0.3) is 5.69 Å². The van der Waals surface area contributed by atoms with Crippen molar-refractivity contribution in [3.63, 3.8) is 0 Å². The van der Waals surface area contributed by atoms with Gasteiger partial charge in [-0.1, -0.05) is 11.8 Å².